The van der Waals surface area contributed by atoms with Crippen LogP contribution in [-0.2, 0) is 20.7 Å². The number of ether oxygens (including phenoxy) is 1. The van der Waals surface area contributed by atoms with Gasteiger partial charge in [0.15, 0.2) is 0 Å². The highest BCUT2D eigenvalue weighted by Gasteiger charge is 2.49. The molecule has 0 atom stereocenters. The fraction of sp³-hybridized carbons (Fsp3) is 0.500. The van der Waals surface area contributed by atoms with Crippen molar-refractivity contribution in [2.75, 3.05) is 0 Å². The molecule has 0 unspecified atom stereocenters. The van der Waals surface area contributed by atoms with Crippen LogP contribution < -0.4 is 4.74 Å². The molecule has 4 nitrogen and oxygen atoms in total. The second-order valence-corrected chi connectivity index (χ2v) is 7.66. The molecule has 1 aliphatic carbocycles. The van der Waals surface area contributed by atoms with E-state index >= 15 is 0 Å². The summed E-state index contributed by atoms with van der Waals surface area (Å²) in [7, 11) is -5.68. The molecule has 8 heteroatoms. The summed E-state index contributed by atoms with van der Waals surface area (Å²) in [5.74, 6) is 0.266. The van der Waals surface area contributed by atoms with Crippen LogP contribution in [-0.4, -0.2) is 19.5 Å². The molecule has 24 heavy (non-hydrogen) atoms. The van der Waals surface area contributed by atoms with Gasteiger partial charge in [-0.1, -0.05) is 7.43 Å². The quantitative estimate of drug-likeness (QED) is 0.577. The number of alkyl halides is 3. The lowest BCUT2D eigenvalue weighted by Gasteiger charge is -2.24. The monoisotopic (exact) mass is 366 g/mol. The van der Waals surface area contributed by atoms with E-state index in [0.717, 1.165) is 0 Å². The van der Waals surface area contributed by atoms with Crippen molar-refractivity contribution < 1.29 is 30.5 Å². The van der Waals surface area contributed by atoms with E-state index in [1.807, 2.05) is 20.8 Å². The average molecular weight is 366 g/mol. The molecule has 0 heterocycles. The molecule has 0 radical (unpaired) electrons. The summed E-state index contributed by atoms with van der Waals surface area (Å²) in [6.45, 7) is 5.62. The minimum atomic E-state index is -5.68. The highest BCUT2D eigenvalue weighted by molar-refractivity contribution is 7.87. The first kappa shape index (κ1) is 20.3. The molecule has 1 aromatic rings. The third kappa shape index (κ3) is 4.66. The van der Waals surface area contributed by atoms with Crippen molar-refractivity contribution in [3.63, 3.8) is 0 Å². The van der Waals surface area contributed by atoms with E-state index < -0.39 is 21.2 Å². The van der Waals surface area contributed by atoms with Crippen LogP contribution in [0.1, 0.15) is 45.7 Å². The van der Waals surface area contributed by atoms with Gasteiger partial charge in [0.05, 0.1) is 0 Å². The number of hydrogen-bond acceptors (Lipinski definition) is 4. The first-order chi connectivity index (χ1) is 10.4. The topological polar surface area (TPSA) is 52.6 Å². The van der Waals surface area contributed by atoms with Gasteiger partial charge in [0, 0.05) is 5.56 Å². The summed E-state index contributed by atoms with van der Waals surface area (Å²) in [5, 5.41) is 0. The molecule has 136 valence electrons. The smallest absolute Gasteiger partial charge is 0.488 e. The van der Waals surface area contributed by atoms with Gasteiger partial charge in [-0.15, -0.1) is 0 Å². The molecule has 0 aliphatic heterocycles. The van der Waals surface area contributed by atoms with E-state index in [0.29, 0.717) is 29.7 Å². The number of rotatable bonds is 3. The summed E-state index contributed by atoms with van der Waals surface area (Å²) < 4.78 is 69.7. The second-order valence-electron chi connectivity index (χ2n) is 6.12. The van der Waals surface area contributed by atoms with Gasteiger partial charge in [-0.05, 0) is 63.5 Å². The zero-order valence-electron chi connectivity index (χ0n) is 12.9. The van der Waals surface area contributed by atoms with E-state index in [1.165, 1.54) is 12.1 Å². The van der Waals surface area contributed by atoms with Crippen molar-refractivity contribution in [1.29, 1.82) is 0 Å². The molecule has 0 fully saturated rings. The first-order valence-corrected chi connectivity index (χ1v) is 8.33. The number of halogens is 3. The van der Waals surface area contributed by atoms with Gasteiger partial charge >= 0.3 is 15.6 Å². The van der Waals surface area contributed by atoms with Crippen LogP contribution in [0.5, 0.6) is 5.75 Å². The van der Waals surface area contributed by atoms with Crippen molar-refractivity contribution in [3.8, 4) is 5.75 Å². The van der Waals surface area contributed by atoms with E-state index in [1.54, 1.807) is 12.1 Å². The van der Waals surface area contributed by atoms with Gasteiger partial charge in [-0.2, -0.15) is 21.6 Å². The van der Waals surface area contributed by atoms with Gasteiger partial charge in [-0.3, -0.25) is 0 Å². The Kier molecular flexibility index (Phi) is 5.65. The van der Waals surface area contributed by atoms with E-state index in [4.69, 9.17) is 4.74 Å². The molecule has 0 spiro atoms. The molecule has 0 bridgehead atoms. The lowest BCUT2D eigenvalue weighted by atomic mass is 9.95. The third-order valence-electron chi connectivity index (χ3n) is 2.99. The van der Waals surface area contributed by atoms with Crippen LogP contribution >= 0.6 is 0 Å². The zero-order chi connectivity index (χ0) is 17.5. The van der Waals surface area contributed by atoms with E-state index in [-0.39, 0.29) is 13.2 Å². The molecular formula is C16H21F3O4S. The lowest BCUT2D eigenvalue weighted by Crippen LogP contribution is -2.25. The highest BCUT2D eigenvalue weighted by atomic mass is 32.2. The van der Waals surface area contributed by atoms with Crippen molar-refractivity contribution in [1.82, 2.24) is 0 Å². The summed E-state index contributed by atoms with van der Waals surface area (Å²) in [5.41, 5.74) is -4.87. The van der Waals surface area contributed by atoms with Crippen molar-refractivity contribution in [2.45, 2.75) is 52.1 Å². The number of fused-ring (bicyclic) bond motifs is 1. The van der Waals surface area contributed by atoms with Crippen LogP contribution in [0.2, 0.25) is 0 Å². The molecule has 0 N–H and O–H groups in total. The van der Waals surface area contributed by atoms with Crippen LogP contribution in [0.25, 0.3) is 5.76 Å². The molecule has 0 saturated carbocycles. The van der Waals surface area contributed by atoms with Gasteiger partial charge in [0.1, 0.15) is 17.1 Å². The molecule has 0 aromatic heterocycles. The number of hydrogen-bond donors (Lipinski definition) is 0. The summed E-state index contributed by atoms with van der Waals surface area (Å²) in [6.07, 6.45) is 2.29. The fourth-order valence-corrected chi connectivity index (χ4v) is 2.64. The van der Waals surface area contributed by atoms with Crippen LogP contribution in [0.3, 0.4) is 0 Å². The van der Waals surface area contributed by atoms with Gasteiger partial charge < -0.3 is 8.92 Å². The Hall–Kier alpha value is -1.70. The Balaban J connectivity index is 0.00000288. The Labute approximate surface area is 140 Å². The maximum absolute atomic E-state index is 12.5. The minimum Gasteiger partial charge on any atom is -0.488 e. The van der Waals surface area contributed by atoms with Gasteiger partial charge in [0.2, 0.25) is 0 Å². The van der Waals surface area contributed by atoms with Crippen molar-refractivity contribution in [3.05, 3.63) is 35.4 Å². The standard InChI is InChI=1S/C15H17F3O4S.CH4/c1-14(2,3)21-11-7-8-12-10(9-11)5-4-6-13(12)22-23(19,20)15(16,17)18;/h6-9H,4-5H2,1-3H3;1H4. The molecule has 2 rings (SSSR count). The second kappa shape index (κ2) is 6.66. The lowest BCUT2D eigenvalue weighted by molar-refractivity contribution is -0.0509. The van der Waals surface area contributed by atoms with E-state index in [2.05, 4.69) is 4.18 Å². The summed E-state index contributed by atoms with van der Waals surface area (Å²) >= 11 is 0. The predicted molar refractivity (Wildman–Crippen MR) is 85.9 cm³/mol. The van der Waals surface area contributed by atoms with Crippen LogP contribution in [0.4, 0.5) is 13.2 Å². The Bertz CT molecular complexity index is 729. The van der Waals surface area contributed by atoms with Gasteiger partial charge in [-0.25, -0.2) is 0 Å². The minimum absolute atomic E-state index is 0. The zero-order valence-corrected chi connectivity index (χ0v) is 13.7. The largest absolute Gasteiger partial charge is 0.534 e. The van der Waals surface area contributed by atoms with Gasteiger partial charge in [0.25, 0.3) is 0 Å². The van der Waals surface area contributed by atoms with Crippen LogP contribution in [0, 0.1) is 0 Å². The molecule has 0 saturated heterocycles. The fourth-order valence-electron chi connectivity index (χ4n) is 2.15. The number of benzene rings is 1. The Morgan fingerprint density at radius 3 is 2.29 bits per heavy atom. The van der Waals surface area contributed by atoms with Crippen molar-refractivity contribution >= 4 is 15.9 Å². The summed E-state index contributed by atoms with van der Waals surface area (Å²) in [4.78, 5) is 0. The van der Waals surface area contributed by atoms with Crippen LogP contribution in [0.15, 0.2) is 24.3 Å². The maximum Gasteiger partial charge on any atom is 0.534 e. The Morgan fingerprint density at radius 2 is 1.75 bits per heavy atom. The van der Waals surface area contributed by atoms with E-state index in [9.17, 15) is 21.6 Å². The average Bonchev–Trinajstić information content (AvgIpc) is 2.35. The predicted octanol–water partition coefficient (Wildman–Crippen LogP) is 4.65. The SMILES string of the molecule is C.CC(C)(C)Oc1ccc2c(c1)CCC=C2OS(=O)(=O)C(F)(F)F. The normalized spacial score (nSPS) is 15.0. The molecule has 0 amide bonds. The maximum atomic E-state index is 12.5. The molecule has 1 aliphatic rings. The first-order valence-electron chi connectivity index (χ1n) is 6.92. The number of aryl methyl sites for hydroxylation is 1. The Morgan fingerprint density at radius 1 is 1.12 bits per heavy atom. The summed E-state index contributed by atoms with van der Waals surface area (Å²) in [6, 6.07) is 4.78. The molecular weight excluding hydrogens is 345 g/mol. The highest BCUT2D eigenvalue weighted by Crippen LogP contribution is 2.35. The number of allylic oxidation sites excluding steroid dienone is 1. The molecule has 1 aromatic carbocycles. The third-order valence-corrected chi connectivity index (χ3v) is 3.96. The van der Waals surface area contributed by atoms with Crippen molar-refractivity contribution in [2.24, 2.45) is 0 Å².